The van der Waals surface area contributed by atoms with Crippen LogP contribution in [0.5, 0.6) is 0 Å². The summed E-state index contributed by atoms with van der Waals surface area (Å²) in [5, 5.41) is 1.41. The van der Waals surface area contributed by atoms with Crippen LogP contribution in [0.25, 0.3) is 10.9 Å². The number of halogens is 3. The van der Waals surface area contributed by atoms with E-state index in [9.17, 15) is 9.18 Å². The van der Waals surface area contributed by atoms with Crippen LogP contribution in [0, 0.1) is 5.82 Å². The van der Waals surface area contributed by atoms with Crippen molar-refractivity contribution < 1.29 is 4.39 Å². The Bertz CT molecular complexity index is 950. The van der Waals surface area contributed by atoms with Crippen molar-refractivity contribution in [3.05, 3.63) is 79.3 Å². The molecule has 0 bridgehead atoms. The van der Waals surface area contributed by atoms with Crippen LogP contribution in [0.1, 0.15) is 23.7 Å². The number of para-hydroxylation sites is 1. The Morgan fingerprint density at radius 2 is 1.96 bits per heavy atom. The predicted octanol–water partition coefficient (Wildman–Crippen LogP) is 5.13. The van der Waals surface area contributed by atoms with Crippen molar-refractivity contribution in [3.8, 4) is 0 Å². The van der Waals surface area contributed by atoms with Crippen LogP contribution in [0.3, 0.4) is 0 Å². The fourth-order valence-electron chi connectivity index (χ4n) is 2.71. The molecule has 2 nitrogen and oxygen atoms in total. The van der Waals surface area contributed by atoms with Gasteiger partial charge in [-0.25, -0.2) is 4.39 Å². The van der Waals surface area contributed by atoms with Crippen LogP contribution in [-0.4, -0.2) is 4.98 Å². The molecule has 0 aliphatic rings. The first-order valence-corrected chi connectivity index (χ1v) is 8.03. The molecule has 1 heterocycles. The molecule has 3 aromatic rings. The summed E-state index contributed by atoms with van der Waals surface area (Å²) in [6.45, 7) is 1.92. The lowest BCUT2D eigenvalue weighted by molar-refractivity contribution is 0.636. The second-order valence-corrected chi connectivity index (χ2v) is 6.18. The lowest BCUT2D eigenvalue weighted by atomic mass is 9.99. The highest BCUT2D eigenvalue weighted by Crippen LogP contribution is 2.24. The van der Waals surface area contributed by atoms with Crippen LogP contribution in [0.2, 0.25) is 10.0 Å². The van der Waals surface area contributed by atoms with Gasteiger partial charge >= 0.3 is 0 Å². The molecule has 0 aliphatic carbocycles. The van der Waals surface area contributed by atoms with Gasteiger partial charge in [0.2, 0.25) is 0 Å². The van der Waals surface area contributed by atoms with Crippen molar-refractivity contribution in [1.29, 1.82) is 0 Å². The van der Waals surface area contributed by atoms with Crippen LogP contribution >= 0.6 is 23.2 Å². The van der Waals surface area contributed by atoms with Crippen molar-refractivity contribution in [2.75, 3.05) is 0 Å². The summed E-state index contributed by atoms with van der Waals surface area (Å²) >= 11 is 12.1. The number of fused-ring (bicyclic) bond motifs is 1. The van der Waals surface area contributed by atoms with E-state index in [1.807, 2.05) is 6.92 Å². The highest BCUT2D eigenvalue weighted by Gasteiger charge is 2.15. The average molecular weight is 350 g/mol. The van der Waals surface area contributed by atoms with Crippen molar-refractivity contribution in [2.24, 2.45) is 0 Å². The Kier molecular flexibility index (Phi) is 4.42. The zero-order valence-corrected chi connectivity index (χ0v) is 13.9. The average Bonchev–Trinajstić information content (AvgIpc) is 2.52. The molecule has 23 heavy (non-hydrogen) atoms. The summed E-state index contributed by atoms with van der Waals surface area (Å²) in [5.41, 5.74) is 2.22. The SMILES string of the molecule is CCc1[nH]c2c(F)cccc2c(=O)c1Cc1ccc(Cl)cc1Cl. The van der Waals surface area contributed by atoms with Crippen LogP contribution in [0.15, 0.2) is 41.2 Å². The number of aryl methyl sites for hydroxylation is 1. The Morgan fingerprint density at radius 3 is 2.65 bits per heavy atom. The summed E-state index contributed by atoms with van der Waals surface area (Å²) in [6.07, 6.45) is 0.973. The molecule has 0 saturated heterocycles. The van der Waals surface area contributed by atoms with Gasteiger partial charge in [-0.2, -0.15) is 0 Å². The van der Waals surface area contributed by atoms with Gasteiger partial charge in [0, 0.05) is 33.1 Å². The monoisotopic (exact) mass is 349 g/mol. The molecule has 0 aliphatic heterocycles. The molecule has 0 fully saturated rings. The molecule has 5 heteroatoms. The number of pyridine rings is 1. The predicted molar refractivity (Wildman–Crippen MR) is 93.2 cm³/mol. The Labute approximate surface area is 142 Å². The molecule has 1 aromatic heterocycles. The Morgan fingerprint density at radius 1 is 1.17 bits per heavy atom. The van der Waals surface area contributed by atoms with E-state index in [0.29, 0.717) is 33.8 Å². The number of H-pyrrole nitrogens is 1. The number of nitrogens with one attached hydrogen (secondary N) is 1. The first kappa shape index (κ1) is 16.0. The number of aromatic nitrogens is 1. The normalized spacial score (nSPS) is 11.1. The zero-order valence-electron chi connectivity index (χ0n) is 12.4. The molecule has 1 N–H and O–H groups in total. The molecule has 0 amide bonds. The topological polar surface area (TPSA) is 32.9 Å². The second kappa shape index (κ2) is 6.34. The molecule has 0 spiro atoms. The van der Waals surface area contributed by atoms with Gasteiger partial charge in [0.25, 0.3) is 0 Å². The molecule has 0 radical (unpaired) electrons. The third kappa shape index (κ3) is 2.99. The van der Waals surface area contributed by atoms with E-state index in [0.717, 1.165) is 11.3 Å². The van der Waals surface area contributed by atoms with Crippen LogP contribution in [-0.2, 0) is 12.8 Å². The van der Waals surface area contributed by atoms with E-state index >= 15 is 0 Å². The lowest BCUT2D eigenvalue weighted by Gasteiger charge is -2.11. The van der Waals surface area contributed by atoms with E-state index in [1.165, 1.54) is 12.1 Å². The lowest BCUT2D eigenvalue weighted by Crippen LogP contribution is -2.16. The zero-order chi connectivity index (χ0) is 16.6. The first-order chi connectivity index (χ1) is 11.0. The summed E-state index contributed by atoms with van der Waals surface area (Å²) in [7, 11) is 0. The maximum Gasteiger partial charge on any atom is 0.193 e. The van der Waals surface area contributed by atoms with Crippen LogP contribution < -0.4 is 5.43 Å². The molecule has 0 unspecified atom stereocenters. The van der Waals surface area contributed by atoms with Gasteiger partial charge in [0.15, 0.2) is 5.43 Å². The third-order valence-corrected chi connectivity index (χ3v) is 4.50. The van der Waals surface area contributed by atoms with Gasteiger partial charge in [0.1, 0.15) is 5.82 Å². The number of benzene rings is 2. The van der Waals surface area contributed by atoms with Crippen molar-refractivity contribution in [1.82, 2.24) is 4.98 Å². The van der Waals surface area contributed by atoms with Crippen LogP contribution in [0.4, 0.5) is 4.39 Å². The smallest absolute Gasteiger partial charge is 0.193 e. The minimum absolute atomic E-state index is 0.166. The largest absolute Gasteiger partial charge is 0.356 e. The van der Waals surface area contributed by atoms with Gasteiger partial charge in [-0.05, 0) is 36.2 Å². The minimum atomic E-state index is -0.426. The highest BCUT2D eigenvalue weighted by atomic mass is 35.5. The maximum atomic E-state index is 13.9. The molecule has 3 rings (SSSR count). The number of aromatic amines is 1. The second-order valence-electron chi connectivity index (χ2n) is 5.34. The fraction of sp³-hybridized carbons (Fsp3) is 0.167. The number of rotatable bonds is 3. The van der Waals surface area contributed by atoms with Crippen molar-refractivity contribution in [3.63, 3.8) is 0 Å². The maximum absolute atomic E-state index is 13.9. The first-order valence-electron chi connectivity index (χ1n) is 7.27. The Balaban J connectivity index is 2.20. The van der Waals surface area contributed by atoms with E-state index in [1.54, 1.807) is 24.3 Å². The van der Waals surface area contributed by atoms with E-state index in [2.05, 4.69) is 4.98 Å². The van der Waals surface area contributed by atoms with Gasteiger partial charge < -0.3 is 4.98 Å². The molecule has 2 aromatic carbocycles. The van der Waals surface area contributed by atoms with Gasteiger partial charge in [0.05, 0.1) is 5.52 Å². The third-order valence-electron chi connectivity index (χ3n) is 3.91. The quantitative estimate of drug-likeness (QED) is 0.698. The van der Waals surface area contributed by atoms with Crippen molar-refractivity contribution in [2.45, 2.75) is 19.8 Å². The molecule has 118 valence electrons. The molecular weight excluding hydrogens is 336 g/mol. The van der Waals surface area contributed by atoms with E-state index in [4.69, 9.17) is 23.2 Å². The fourth-order valence-corrected chi connectivity index (χ4v) is 3.19. The summed E-state index contributed by atoms with van der Waals surface area (Å²) < 4.78 is 13.9. The van der Waals surface area contributed by atoms with Gasteiger partial charge in [-0.1, -0.05) is 42.3 Å². The highest BCUT2D eigenvalue weighted by molar-refractivity contribution is 6.35. The molecule has 0 atom stereocenters. The number of hydrogen-bond acceptors (Lipinski definition) is 1. The minimum Gasteiger partial charge on any atom is -0.356 e. The van der Waals surface area contributed by atoms with E-state index in [-0.39, 0.29) is 10.9 Å². The summed E-state index contributed by atoms with van der Waals surface area (Å²) in [5.74, 6) is -0.426. The van der Waals surface area contributed by atoms with Gasteiger partial charge in [-0.15, -0.1) is 0 Å². The molecular formula is C18H14Cl2FNO. The molecule has 0 saturated carbocycles. The van der Waals surface area contributed by atoms with E-state index < -0.39 is 5.82 Å². The summed E-state index contributed by atoms with van der Waals surface area (Å²) in [6, 6.07) is 9.70. The number of hydrogen-bond donors (Lipinski definition) is 1. The van der Waals surface area contributed by atoms with Crippen molar-refractivity contribution >= 4 is 34.1 Å². The standard InChI is InChI=1S/C18H14Cl2FNO/c1-2-16-13(8-10-6-7-11(19)9-14(10)20)18(23)12-4-3-5-15(21)17(12)22-16/h3-7,9H,2,8H2,1H3,(H,22,23). The van der Waals surface area contributed by atoms with Gasteiger partial charge in [-0.3, -0.25) is 4.79 Å². The Hall–Kier alpha value is -1.84. The summed E-state index contributed by atoms with van der Waals surface area (Å²) in [4.78, 5) is 15.8.